The van der Waals surface area contributed by atoms with E-state index in [0.717, 1.165) is 13.0 Å². The summed E-state index contributed by atoms with van der Waals surface area (Å²) < 4.78 is 5.52. The van der Waals surface area contributed by atoms with Gasteiger partial charge >= 0.3 is 6.01 Å². The molecule has 0 N–H and O–H groups in total. The van der Waals surface area contributed by atoms with E-state index in [1.807, 2.05) is 13.8 Å². The molecule has 2 rings (SSSR count). The second kappa shape index (κ2) is 5.90. The van der Waals surface area contributed by atoms with Gasteiger partial charge in [0.25, 0.3) is 0 Å². The van der Waals surface area contributed by atoms with Gasteiger partial charge in [0.2, 0.25) is 11.2 Å². The highest BCUT2D eigenvalue weighted by Gasteiger charge is 2.26. The van der Waals surface area contributed by atoms with Gasteiger partial charge in [0.1, 0.15) is 0 Å². The van der Waals surface area contributed by atoms with Crippen LogP contribution in [0.25, 0.3) is 0 Å². The van der Waals surface area contributed by atoms with E-state index in [1.54, 1.807) is 0 Å². The van der Waals surface area contributed by atoms with Gasteiger partial charge in [-0.25, -0.2) is 0 Å². The maximum absolute atomic E-state index is 5.97. The van der Waals surface area contributed by atoms with E-state index in [4.69, 9.17) is 16.3 Å². The van der Waals surface area contributed by atoms with Crippen molar-refractivity contribution in [3.63, 3.8) is 0 Å². The maximum Gasteiger partial charge on any atom is 0.322 e. The minimum atomic E-state index is 0.0176. The predicted molar refractivity (Wildman–Crippen MR) is 75.8 cm³/mol. The quantitative estimate of drug-likeness (QED) is 0.854. The molecule has 0 aliphatic carbocycles. The Morgan fingerprint density at radius 3 is 2.63 bits per heavy atom. The van der Waals surface area contributed by atoms with Gasteiger partial charge in [-0.15, -0.1) is 0 Å². The van der Waals surface area contributed by atoms with E-state index in [1.165, 1.54) is 6.42 Å². The molecule has 1 fully saturated rings. The normalized spacial score (nSPS) is 23.8. The third-order valence-electron chi connectivity index (χ3n) is 3.29. The Kier molecular flexibility index (Phi) is 4.45. The van der Waals surface area contributed by atoms with Crippen LogP contribution < -0.4 is 9.64 Å². The predicted octanol–water partition coefficient (Wildman–Crippen LogP) is 2.94. The molecule has 0 amide bonds. The van der Waals surface area contributed by atoms with E-state index in [2.05, 4.69) is 33.7 Å². The van der Waals surface area contributed by atoms with Gasteiger partial charge in [-0.3, -0.25) is 0 Å². The van der Waals surface area contributed by atoms with Crippen LogP contribution in [0.5, 0.6) is 6.01 Å². The molecule has 0 radical (unpaired) electrons. The van der Waals surface area contributed by atoms with Gasteiger partial charge in [-0.1, -0.05) is 6.92 Å². The highest BCUT2D eigenvalue weighted by atomic mass is 35.5. The van der Waals surface area contributed by atoms with Crippen LogP contribution in [0, 0.1) is 5.92 Å². The van der Waals surface area contributed by atoms with Crippen molar-refractivity contribution in [2.24, 2.45) is 5.92 Å². The van der Waals surface area contributed by atoms with Crippen molar-refractivity contribution in [2.45, 2.75) is 52.7 Å². The molecule has 19 heavy (non-hydrogen) atoms. The van der Waals surface area contributed by atoms with E-state index in [0.29, 0.717) is 23.9 Å². The Hall–Kier alpha value is -1.10. The molecule has 1 aromatic heterocycles. The van der Waals surface area contributed by atoms with Crippen LogP contribution in [0.1, 0.15) is 40.5 Å². The van der Waals surface area contributed by atoms with Crippen molar-refractivity contribution >= 4 is 17.5 Å². The first-order chi connectivity index (χ1) is 8.95. The number of rotatable bonds is 3. The molecule has 1 aliphatic rings. The molecular formula is C13H21ClN4O. The number of ether oxygens (including phenoxy) is 1. The molecule has 2 heterocycles. The summed E-state index contributed by atoms with van der Waals surface area (Å²) in [6.45, 7) is 9.24. The molecule has 5 nitrogen and oxygen atoms in total. The maximum atomic E-state index is 5.97. The summed E-state index contributed by atoms with van der Waals surface area (Å²) in [7, 11) is 0. The molecule has 1 saturated heterocycles. The van der Waals surface area contributed by atoms with Crippen molar-refractivity contribution in [2.75, 3.05) is 11.4 Å². The zero-order valence-electron chi connectivity index (χ0n) is 11.9. The van der Waals surface area contributed by atoms with E-state index < -0.39 is 0 Å². The molecule has 0 saturated carbocycles. The number of anilines is 1. The molecule has 6 heteroatoms. The molecule has 0 spiro atoms. The highest BCUT2D eigenvalue weighted by Crippen LogP contribution is 2.26. The van der Waals surface area contributed by atoms with Crippen molar-refractivity contribution < 1.29 is 4.74 Å². The molecule has 1 aromatic rings. The summed E-state index contributed by atoms with van der Waals surface area (Å²) in [5.74, 6) is 1.26. The molecule has 1 aliphatic heterocycles. The molecule has 0 aromatic carbocycles. The van der Waals surface area contributed by atoms with E-state index in [-0.39, 0.29) is 11.4 Å². The van der Waals surface area contributed by atoms with Crippen LogP contribution in [0.15, 0.2) is 0 Å². The van der Waals surface area contributed by atoms with Crippen molar-refractivity contribution in [1.82, 2.24) is 15.0 Å². The summed E-state index contributed by atoms with van der Waals surface area (Å²) in [6, 6.07) is 0.719. The van der Waals surface area contributed by atoms with Gasteiger partial charge in [-0.2, -0.15) is 15.0 Å². The Labute approximate surface area is 119 Å². The molecule has 2 atom stereocenters. The Balaban J connectivity index is 2.25. The standard InChI is InChI=1S/C13H21ClN4O/c1-8(2)19-13-16-11(14)15-12(17-13)18-7-9(3)5-6-10(18)4/h8-10H,5-7H2,1-4H3. The number of halogens is 1. The van der Waals surface area contributed by atoms with Gasteiger partial charge in [0, 0.05) is 12.6 Å². The van der Waals surface area contributed by atoms with E-state index in [9.17, 15) is 0 Å². The summed E-state index contributed by atoms with van der Waals surface area (Å²) in [4.78, 5) is 14.8. The number of hydrogen-bond acceptors (Lipinski definition) is 5. The first-order valence-electron chi connectivity index (χ1n) is 6.80. The minimum absolute atomic E-state index is 0.0176. The first kappa shape index (κ1) is 14.3. The van der Waals surface area contributed by atoms with Crippen molar-refractivity contribution in [1.29, 1.82) is 0 Å². The lowest BCUT2D eigenvalue weighted by molar-refractivity contribution is 0.221. The lowest BCUT2D eigenvalue weighted by atomic mass is 9.95. The number of hydrogen-bond donors (Lipinski definition) is 0. The summed E-state index contributed by atoms with van der Waals surface area (Å²) in [5, 5.41) is 0.186. The number of aromatic nitrogens is 3. The third-order valence-corrected chi connectivity index (χ3v) is 3.46. The number of nitrogens with zero attached hydrogens (tertiary/aromatic N) is 4. The monoisotopic (exact) mass is 284 g/mol. The van der Waals surface area contributed by atoms with Crippen LogP contribution in [-0.4, -0.2) is 33.6 Å². The van der Waals surface area contributed by atoms with Crippen LogP contribution in [0.4, 0.5) is 5.95 Å². The number of piperidine rings is 1. The van der Waals surface area contributed by atoms with Crippen LogP contribution in [0.3, 0.4) is 0 Å². The van der Waals surface area contributed by atoms with E-state index >= 15 is 0 Å². The van der Waals surface area contributed by atoms with Crippen molar-refractivity contribution in [3.05, 3.63) is 5.28 Å². The zero-order valence-corrected chi connectivity index (χ0v) is 12.7. The van der Waals surface area contributed by atoms with Crippen molar-refractivity contribution in [3.8, 4) is 6.01 Å². The topological polar surface area (TPSA) is 51.1 Å². The largest absolute Gasteiger partial charge is 0.461 e. The zero-order chi connectivity index (χ0) is 14.0. The summed E-state index contributed by atoms with van der Waals surface area (Å²) in [6.07, 6.45) is 2.40. The average Bonchev–Trinajstić information content (AvgIpc) is 2.30. The summed E-state index contributed by atoms with van der Waals surface area (Å²) >= 11 is 5.97. The van der Waals surface area contributed by atoms with Gasteiger partial charge in [0.05, 0.1) is 6.10 Å². The second-order valence-corrected chi connectivity index (χ2v) is 5.88. The Morgan fingerprint density at radius 2 is 1.95 bits per heavy atom. The fourth-order valence-electron chi connectivity index (χ4n) is 2.28. The highest BCUT2D eigenvalue weighted by molar-refractivity contribution is 6.28. The van der Waals surface area contributed by atoms with Crippen LogP contribution in [-0.2, 0) is 0 Å². The second-order valence-electron chi connectivity index (χ2n) is 5.54. The van der Waals surface area contributed by atoms with Crippen LogP contribution >= 0.6 is 11.6 Å². The lowest BCUT2D eigenvalue weighted by Crippen LogP contribution is -2.42. The SMILES string of the molecule is CC1CCC(C)N(c2nc(Cl)nc(OC(C)C)n2)C1. The smallest absolute Gasteiger partial charge is 0.322 e. The van der Waals surface area contributed by atoms with Gasteiger partial charge in [0.15, 0.2) is 0 Å². The molecular weight excluding hydrogens is 264 g/mol. The van der Waals surface area contributed by atoms with Crippen LogP contribution in [0.2, 0.25) is 5.28 Å². The summed E-state index contributed by atoms with van der Waals surface area (Å²) in [5.41, 5.74) is 0. The Morgan fingerprint density at radius 1 is 1.21 bits per heavy atom. The Bertz CT molecular complexity index is 441. The molecule has 0 bridgehead atoms. The lowest BCUT2D eigenvalue weighted by Gasteiger charge is -2.36. The average molecular weight is 285 g/mol. The van der Waals surface area contributed by atoms with Gasteiger partial charge in [-0.05, 0) is 51.1 Å². The first-order valence-corrected chi connectivity index (χ1v) is 7.18. The fraction of sp³-hybridized carbons (Fsp3) is 0.769. The molecule has 2 unspecified atom stereocenters. The molecule has 106 valence electrons. The van der Waals surface area contributed by atoms with Gasteiger partial charge < -0.3 is 9.64 Å². The minimum Gasteiger partial charge on any atom is -0.461 e. The third kappa shape index (κ3) is 3.69. The fourth-order valence-corrected chi connectivity index (χ4v) is 2.43.